The Labute approximate surface area is 154 Å². The normalized spacial score (nSPS) is 13.4. The van der Waals surface area contributed by atoms with Gasteiger partial charge >= 0.3 is 0 Å². The van der Waals surface area contributed by atoms with Gasteiger partial charge in [-0.1, -0.05) is 18.2 Å². The number of hydrogen-bond acceptors (Lipinski definition) is 5. The van der Waals surface area contributed by atoms with Crippen LogP contribution in [0.2, 0.25) is 0 Å². The highest BCUT2D eigenvalue weighted by Crippen LogP contribution is 2.18. The molecule has 0 spiro atoms. The van der Waals surface area contributed by atoms with Crippen LogP contribution in [-0.4, -0.2) is 44.0 Å². The second-order valence-corrected chi connectivity index (χ2v) is 8.43. The largest absolute Gasteiger partial charge is 0.444 e. The second kappa shape index (κ2) is 9.38. The van der Waals surface area contributed by atoms with Crippen LogP contribution in [0.4, 0.5) is 0 Å². The molecular weight excluding hydrogens is 352 g/mol. The Morgan fingerprint density at radius 3 is 2.69 bits per heavy atom. The van der Waals surface area contributed by atoms with Gasteiger partial charge in [0.1, 0.15) is 21.8 Å². The van der Waals surface area contributed by atoms with E-state index in [1.165, 1.54) is 6.26 Å². The standard InChI is InChI=1S/C18H26N4O3S/c1-4-19-18(21-14(2)10-11-26(3,23)24)20-12-16-13-25-17(22-16)15-8-6-5-7-9-15/h5-9,13-14H,4,10-12H2,1-3H3,(H2,19,20,21). The summed E-state index contributed by atoms with van der Waals surface area (Å²) in [5.74, 6) is 1.33. The summed E-state index contributed by atoms with van der Waals surface area (Å²) in [5, 5.41) is 6.37. The number of aliphatic imine (C=N–C) groups is 1. The number of aromatic nitrogens is 1. The highest BCUT2D eigenvalue weighted by molar-refractivity contribution is 7.90. The van der Waals surface area contributed by atoms with E-state index in [0.29, 0.717) is 31.4 Å². The fraction of sp³-hybridized carbons (Fsp3) is 0.444. The second-order valence-electron chi connectivity index (χ2n) is 6.17. The van der Waals surface area contributed by atoms with Gasteiger partial charge in [-0.15, -0.1) is 0 Å². The summed E-state index contributed by atoms with van der Waals surface area (Å²) in [6.07, 6.45) is 3.36. The van der Waals surface area contributed by atoms with Crippen molar-refractivity contribution in [2.24, 2.45) is 4.99 Å². The fourth-order valence-corrected chi connectivity index (χ4v) is 3.05. The SMILES string of the molecule is CCNC(=NCc1coc(-c2ccccc2)n1)NC(C)CCS(C)(=O)=O. The molecule has 1 heterocycles. The summed E-state index contributed by atoms with van der Waals surface area (Å²) < 4.78 is 28.1. The van der Waals surface area contributed by atoms with Crippen molar-refractivity contribution in [3.63, 3.8) is 0 Å². The first-order valence-electron chi connectivity index (χ1n) is 8.59. The van der Waals surface area contributed by atoms with E-state index >= 15 is 0 Å². The number of nitrogens with one attached hydrogen (secondary N) is 2. The van der Waals surface area contributed by atoms with Gasteiger partial charge in [0, 0.05) is 24.4 Å². The Balaban J connectivity index is 1.97. The van der Waals surface area contributed by atoms with Crippen molar-refractivity contribution >= 4 is 15.8 Å². The molecule has 0 aliphatic heterocycles. The average Bonchev–Trinajstić information content (AvgIpc) is 3.07. The van der Waals surface area contributed by atoms with E-state index in [1.54, 1.807) is 6.26 Å². The minimum atomic E-state index is -2.97. The summed E-state index contributed by atoms with van der Waals surface area (Å²) in [7, 11) is -2.97. The lowest BCUT2D eigenvalue weighted by atomic mass is 10.2. The molecule has 0 bridgehead atoms. The molecule has 7 nitrogen and oxygen atoms in total. The molecule has 1 aromatic carbocycles. The first kappa shape index (κ1) is 20.0. The van der Waals surface area contributed by atoms with Gasteiger partial charge in [-0.25, -0.2) is 18.4 Å². The van der Waals surface area contributed by atoms with Crippen molar-refractivity contribution in [1.29, 1.82) is 0 Å². The van der Waals surface area contributed by atoms with Crippen molar-refractivity contribution in [3.05, 3.63) is 42.3 Å². The smallest absolute Gasteiger partial charge is 0.226 e. The lowest BCUT2D eigenvalue weighted by Gasteiger charge is -2.17. The molecule has 0 aliphatic rings. The molecule has 0 aliphatic carbocycles. The van der Waals surface area contributed by atoms with Gasteiger partial charge in [0.2, 0.25) is 5.89 Å². The minimum absolute atomic E-state index is 0.0142. The van der Waals surface area contributed by atoms with Crippen LogP contribution in [0, 0.1) is 0 Å². The summed E-state index contributed by atoms with van der Waals surface area (Å²) >= 11 is 0. The molecule has 2 rings (SSSR count). The number of rotatable bonds is 8. The third kappa shape index (κ3) is 6.87. The molecule has 0 saturated carbocycles. The van der Waals surface area contributed by atoms with E-state index < -0.39 is 9.84 Å². The maximum absolute atomic E-state index is 11.3. The monoisotopic (exact) mass is 378 g/mol. The molecule has 8 heteroatoms. The van der Waals surface area contributed by atoms with Crippen LogP contribution in [0.15, 0.2) is 46.0 Å². The molecule has 2 N–H and O–H groups in total. The van der Waals surface area contributed by atoms with Gasteiger partial charge in [-0.2, -0.15) is 0 Å². The van der Waals surface area contributed by atoms with Crippen LogP contribution in [0.3, 0.4) is 0 Å². The zero-order chi connectivity index (χ0) is 19.0. The van der Waals surface area contributed by atoms with Gasteiger partial charge in [0.05, 0.1) is 12.3 Å². The molecule has 1 atom stereocenters. The molecule has 2 aromatic rings. The van der Waals surface area contributed by atoms with Crippen LogP contribution < -0.4 is 10.6 Å². The quantitative estimate of drug-likeness (QED) is 0.540. The highest BCUT2D eigenvalue weighted by atomic mass is 32.2. The molecule has 1 unspecified atom stereocenters. The molecule has 0 fully saturated rings. The van der Waals surface area contributed by atoms with Crippen molar-refractivity contribution in [2.75, 3.05) is 18.6 Å². The van der Waals surface area contributed by atoms with Gasteiger partial charge in [-0.3, -0.25) is 0 Å². The Hall–Kier alpha value is -2.35. The molecule has 26 heavy (non-hydrogen) atoms. The summed E-state index contributed by atoms with van der Waals surface area (Å²) in [6.45, 7) is 4.98. The minimum Gasteiger partial charge on any atom is -0.444 e. The van der Waals surface area contributed by atoms with E-state index in [2.05, 4.69) is 20.6 Å². The van der Waals surface area contributed by atoms with Gasteiger partial charge in [-0.05, 0) is 32.4 Å². The predicted molar refractivity (Wildman–Crippen MR) is 104 cm³/mol. The molecule has 1 aromatic heterocycles. The number of sulfone groups is 1. The lowest BCUT2D eigenvalue weighted by Crippen LogP contribution is -2.42. The predicted octanol–water partition coefficient (Wildman–Crippen LogP) is 2.22. The Bertz CT molecular complexity index is 816. The number of nitrogens with zero attached hydrogens (tertiary/aromatic N) is 2. The maximum Gasteiger partial charge on any atom is 0.226 e. The van der Waals surface area contributed by atoms with Crippen LogP contribution in [0.5, 0.6) is 0 Å². The number of guanidine groups is 1. The third-order valence-corrected chi connectivity index (χ3v) is 4.60. The van der Waals surface area contributed by atoms with Crippen molar-refractivity contribution in [3.8, 4) is 11.5 Å². The number of oxazole rings is 1. The van der Waals surface area contributed by atoms with E-state index in [1.807, 2.05) is 44.2 Å². The zero-order valence-corrected chi connectivity index (χ0v) is 16.2. The van der Waals surface area contributed by atoms with E-state index in [0.717, 1.165) is 11.3 Å². The van der Waals surface area contributed by atoms with E-state index in [4.69, 9.17) is 4.42 Å². The first-order valence-corrected chi connectivity index (χ1v) is 10.7. The third-order valence-electron chi connectivity index (χ3n) is 3.62. The average molecular weight is 378 g/mol. The van der Waals surface area contributed by atoms with Gasteiger partial charge < -0.3 is 15.1 Å². The van der Waals surface area contributed by atoms with Crippen LogP contribution in [0.25, 0.3) is 11.5 Å². The Morgan fingerprint density at radius 1 is 1.31 bits per heavy atom. The molecule has 142 valence electrons. The topological polar surface area (TPSA) is 96.6 Å². The van der Waals surface area contributed by atoms with E-state index in [9.17, 15) is 8.42 Å². The van der Waals surface area contributed by atoms with Crippen molar-refractivity contribution < 1.29 is 12.8 Å². The Morgan fingerprint density at radius 2 is 2.04 bits per heavy atom. The number of hydrogen-bond donors (Lipinski definition) is 2. The van der Waals surface area contributed by atoms with Crippen LogP contribution in [-0.2, 0) is 16.4 Å². The summed E-state index contributed by atoms with van der Waals surface area (Å²) in [4.78, 5) is 8.95. The van der Waals surface area contributed by atoms with E-state index in [-0.39, 0.29) is 11.8 Å². The molecule has 0 radical (unpaired) electrons. The van der Waals surface area contributed by atoms with Crippen molar-refractivity contribution in [2.45, 2.75) is 32.9 Å². The summed E-state index contributed by atoms with van der Waals surface area (Å²) in [6, 6.07) is 9.67. The lowest BCUT2D eigenvalue weighted by molar-refractivity contribution is 0.572. The Kier molecular flexibility index (Phi) is 7.20. The first-order chi connectivity index (χ1) is 12.4. The number of benzene rings is 1. The van der Waals surface area contributed by atoms with Gasteiger partial charge in [0.25, 0.3) is 0 Å². The fourth-order valence-electron chi connectivity index (χ4n) is 2.27. The summed E-state index contributed by atoms with van der Waals surface area (Å²) in [5.41, 5.74) is 1.65. The zero-order valence-electron chi connectivity index (χ0n) is 15.4. The van der Waals surface area contributed by atoms with Crippen molar-refractivity contribution in [1.82, 2.24) is 15.6 Å². The molecule has 0 saturated heterocycles. The molecular formula is C18H26N4O3S. The van der Waals surface area contributed by atoms with Gasteiger partial charge in [0.15, 0.2) is 5.96 Å². The van der Waals surface area contributed by atoms with Crippen LogP contribution >= 0.6 is 0 Å². The van der Waals surface area contributed by atoms with Crippen LogP contribution in [0.1, 0.15) is 26.0 Å². The molecule has 0 amide bonds. The maximum atomic E-state index is 11.3. The highest BCUT2D eigenvalue weighted by Gasteiger charge is 2.10.